The standard InChI is InChI=1S/C9H14O/c1-6-2-7-4-9(10)5-8(7)3-6/h6-8H,2-5H2,1H3/t7-,8-/m0/s1. The molecule has 0 amide bonds. The van der Waals surface area contributed by atoms with E-state index in [1.54, 1.807) is 0 Å². The predicted octanol–water partition coefficient (Wildman–Crippen LogP) is 2.01. The van der Waals surface area contributed by atoms with Crippen molar-refractivity contribution >= 4 is 5.78 Å². The minimum absolute atomic E-state index is 0.516. The fourth-order valence-corrected chi connectivity index (χ4v) is 2.68. The molecule has 0 N–H and O–H groups in total. The van der Waals surface area contributed by atoms with Gasteiger partial charge in [0, 0.05) is 12.8 Å². The monoisotopic (exact) mass is 138 g/mol. The van der Waals surface area contributed by atoms with Crippen molar-refractivity contribution in [2.45, 2.75) is 32.6 Å². The van der Waals surface area contributed by atoms with Crippen molar-refractivity contribution in [2.24, 2.45) is 17.8 Å². The second kappa shape index (κ2) is 2.08. The summed E-state index contributed by atoms with van der Waals surface area (Å²) < 4.78 is 0. The highest BCUT2D eigenvalue weighted by Gasteiger charge is 2.39. The first kappa shape index (κ1) is 6.38. The Balaban J connectivity index is 2.06. The van der Waals surface area contributed by atoms with Crippen LogP contribution in [-0.4, -0.2) is 5.78 Å². The average molecular weight is 138 g/mol. The molecular formula is C9H14O. The zero-order valence-electron chi connectivity index (χ0n) is 6.47. The van der Waals surface area contributed by atoms with Crippen LogP contribution in [0.15, 0.2) is 0 Å². The van der Waals surface area contributed by atoms with Gasteiger partial charge >= 0.3 is 0 Å². The normalized spacial score (nSPS) is 40.7. The van der Waals surface area contributed by atoms with Crippen LogP contribution in [0.1, 0.15) is 32.6 Å². The van der Waals surface area contributed by atoms with Crippen LogP contribution in [0.5, 0.6) is 0 Å². The Hall–Kier alpha value is -0.330. The molecule has 2 rings (SSSR count). The molecule has 56 valence electrons. The summed E-state index contributed by atoms with van der Waals surface area (Å²) in [5.41, 5.74) is 0. The molecule has 2 fully saturated rings. The number of ketones is 1. The lowest BCUT2D eigenvalue weighted by molar-refractivity contribution is -0.117. The molecule has 0 radical (unpaired) electrons. The molecule has 2 atom stereocenters. The van der Waals surface area contributed by atoms with E-state index in [0.29, 0.717) is 5.78 Å². The molecule has 0 heterocycles. The summed E-state index contributed by atoms with van der Waals surface area (Å²) >= 11 is 0. The molecule has 0 saturated heterocycles. The van der Waals surface area contributed by atoms with Crippen LogP contribution >= 0.6 is 0 Å². The number of carbonyl (C=O) groups excluding carboxylic acids is 1. The number of carbonyl (C=O) groups is 1. The van der Waals surface area contributed by atoms with Crippen molar-refractivity contribution in [3.05, 3.63) is 0 Å². The first-order valence-electron chi connectivity index (χ1n) is 4.27. The average Bonchev–Trinajstić information content (AvgIpc) is 2.21. The maximum atomic E-state index is 11.0. The second-order valence-corrected chi connectivity index (χ2v) is 4.04. The lowest BCUT2D eigenvalue weighted by Crippen LogP contribution is -1.95. The lowest BCUT2D eigenvalue weighted by atomic mass is 10.0. The van der Waals surface area contributed by atoms with Gasteiger partial charge in [0.2, 0.25) is 0 Å². The number of Topliss-reactive ketones (excluding diaryl/α,β-unsaturated/α-hetero) is 1. The molecule has 0 aromatic rings. The van der Waals surface area contributed by atoms with Crippen molar-refractivity contribution in [3.8, 4) is 0 Å². The highest BCUT2D eigenvalue weighted by Crippen LogP contribution is 2.44. The van der Waals surface area contributed by atoms with Crippen LogP contribution in [0, 0.1) is 17.8 Å². The summed E-state index contributed by atoms with van der Waals surface area (Å²) in [7, 11) is 0. The summed E-state index contributed by atoms with van der Waals surface area (Å²) in [6, 6.07) is 0. The van der Waals surface area contributed by atoms with Gasteiger partial charge in [0.05, 0.1) is 0 Å². The highest BCUT2D eigenvalue weighted by molar-refractivity contribution is 5.81. The van der Waals surface area contributed by atoms with Crippen LogP contribution in [0.25, 0.3) is 0 Å². The lowest BCUT2D eigenvalue weighted by Gasteiger charge is -2.03. The molecule has 0 aliphatic heterocycles. The fourth-order valence-electron chi connectivity index (χ4n) is 2.68. The molecule has 2 aliphatic rings. The van der Waals surface area contributed by atoms with Gasteiger partial charge in [-0.15, -0.1) is 0 Å². The highest BCUT2D eigenvalue weighted by atomic mass is 16.1. The molecule has 10 heavy (non-hydrogen) atoms. The predicted molar refractivity (Wildman–Crippen MR) is 39.6 cm³/mol. The minimum atomic E-state index is 0.516. The van der Waals surface area contributed by atoms with Crippen molar-refractivity contribution in [1.82, 2.24) is 0 Å². The third-order valence-electron chi connectivity index (χ3n) is 3.06. The Bertz CT molecular complexity index is 146. The summed E-state index contributed by atoms with van der Waals surface area (Å²) in [5, 5.41) is 0. The van der Waals surface area contributed by atoms with Gasteiger partial charge in [-0.05, 0) is 30.6 Å². The number of fused-ring (bicyclic) bond motifs is 1. The maximum Gasteiger partial charge on any atom is 0.133 e. The van der Waals surface area contributed by atoms with E-state index in [0.717, 1.165) is 30.6 Å². The topological polar surface area (TPSA) is 17.1 Å². The summed E-state index contributed by atoms with van der Waals surface area (Å²) in [6.07, 6.45) is 4.43. The second-order valence-electron chi connectivity index (χ2n) is 4.04. The molecular weight excluding hydrogens is 124 g/mol. The van der Waals surface area contributed by atoms with E-state index < -0.39 is 0 Å². The van der Waals surface area contributed by atoms with Gasteiger partial charge in [-0.2, -0.15) is 0 Å². The van der Waals surface area contributed by atoms with Gasteiger partial charge in [0.25, 0.3) is 0 Å². The van der Waals surface area contributed by atoms with E-state index in [1.165, 1.54) is 12.8 Å². The quantitative estimate of drug-likeness (QED) is 0.500. The van der Waals surface area contributed by atoms with Gasteiger partial charge in [-0.1, -0.05) is 6.92 Å². The zero-order valence-corrected chi connectivity index (χ0v) is 6.47. The van der Waals surface area contributed by atoms with Gasteiger partial charge in [-0.3, -0.25) is 4.79 Å². The van der Waals surface area contributed by atoms with E-state index in [2.05, 4.69) is 6.92 Å². The molecule has 0 aromatic heterocycles. The molecule has 2 saturated carbocycles. The van der Waals surface area contributed by atoms with E-state index in [-0.39, 0.29) is 0 Å². The Kier molecular flexibility index (Phi) is 1.33. The molecule has 0 bridgehead atoms. The van der Waals surface area contributed by atoms with Crippen molar-refractivity contribution in [1.29, 1.82) is 0 Å². The van der Waals surface area contributed by atoms with Crippen LogP contribution in [0.2, 0.25) is 0 Å². The third-order valence-corrected chi connectivity index (χ3v) is 3.06. The van der Waals surface area contributed by atoms with Crippen LogP contribution in [-0.2, 0) is 4.79 Å². The Labute approximate surface area is 61.8 Å². The van der Waals surface area contributed by atoms with Crippen molar-refractivity contribution in [2.75, 3.05) is 0 Å². The molecule has 1 nitrogen and oxygen atoms in total. The molecule has 2 aliphatic carbocycles. The maximum absolute atomic E-state index is 11.0. The van der Waals surface area contributed by atoms with E-state index in [9.17, 15) is 4.79 Å². The van der Waals surface area contributed by atoms with Gasteiger partial charge < -0.3 is 0 Å². The van der Waals surface area contributed by atoms with E-state index >= 15 is 0 Å². The Morgan fingerprint density at radius 3 is 2.20 bits per heavy atom. The molecule has 0 aromatic carbocycles. The van der Waals surface area contributed by atoms with E-state index in [1.807, 2.05) is 0 Å². The first-order chi connectivity index (χ1) is 4.75. The van der Waals surface area contributed by atoms with Crippen LogP contribution < -0.4 is 0 Å². The third kappa shape index (κ3) is 0.882. The van der Waals surface area contributed by atoms with Gasteiger partial charge in [0.1, 0.15) is 5.78 Å². The van der Waals surface area contributed by atoms with Crippen LogP contribution in [0.4, 0.5) is 0 Å². The molecule has 1 heteroatoms. The van der Waals surface area contributed by atoms with Crippen molar-refractivity contribution in [3.63, 3.8) is 0 Å². The number of hydrogen-bond donors (Lipinski definition) is 0. The fraction of sp³-hybridized carbons (Fsp3) is 0.889. The van der Waals surface area contributed by atoms with Gasteiger partial charge in [0.15, 0.2) is 0 Å². The van der Waals surface area contributed by atoms with Crippen LogP contribution in [0.3, 0.4) is 0 Å². The number of rotatable bonds is 0. The first-order valence-corrected chi connectivity index (χ1v) is 4.27. The minimum Gasteiger partial charge on any atom is -0.300 e. The largest absolute Gasteiger partial charge is 0.300 e. The Morgan fingerprint density at radius 2 is 1.70 bits per heavy atom. The van der Waals surface area contributed by atoms with E-state index in [4.69, 9.17) is 0 Å². The SMILES string of the molecule is CC1C[C@H]2CC(=O)C[C@@H]2C1. The Morgan fingerprint density at radius 1 is 1.20 bits per heavy atom. The summed E-state index contributed by atoms with van der Waals surface area (Å²) in [4.78, 5) is 11.0. The number of hydrogen-bond acceptors (Lipinski definition) is 1. The van der Waals surface area contributed by atoms with Crippen molar-refractivity contribution < 1.29 is 4.79 Å². The summed E-state index contributed by atoms with van der Waals surface area (Å²) in [5.74, 6) is 2.97. The van der Waals surface area contributed by atoms with Gasteiger partial charge in [-0.25, -0.2) is 0 Å². The molecule has 0 spiro atoms. The summed E-state index contributed by atoms with van der Waals surface area (Å²) in [6.45, 7) is 2.31. The zero-order chi connectivity index (χ0) is 7.14. The molecule has 0 unspecified atom stereocenters. The smallest absolute Gasteiger partial charge is 0.133 e.